The van der Waals surface area contributed by atoms with Gasteiger partial charge in [0.05, 0.1) is 12.0 Å². The van der Waals surface area contributed by atoms with Crippen LogP contribution in [0.15, 0.2) is 12.2 Å². The Morgan fingerprint density at radius 1 is 1.54 bits per heavy atom. The molecule has 1 aliphatic rings. The molecule has 1 fully saturated rings. The van der Waals surface area contributed by atoms with Crippen molar-refractivity contribution in [3.63, 3.8) is 0 Å². The van der Waals surface area contributed by atoms with Crippen LogP contribution in [0.2, 0.25) is 0 Å². The number of hydrogen-bond acceptors (Lipinski definition) is 2. The van der Waals surface area contributed by atoms with Crippen LogP contribution in [0.3, 0.4) is 0 Å². The predicted molar refractivity (Wildman–Crippen MR) is 52.3 cm³/mol. The molecule has 0 heterocycles. The molecular weight excluding hydrogens is 164 g/mol. The lowest BCUT2D eigenvalue weighted by Crippen LogP contribution is -2.21. The van der Waals surface area contributed by atoms with E-state index in [1.807, 2.05) is 26.0 Å². The number of hydrogen-bond donors (Lipinski definition) is 0. The summed E-state index contributed by atoms with van der Waals surface area (Å²) in [4.78, 5) is 11.7. The molecule has 74 valence electrons. The molecule has 0 bridgehead atoms. The maximum Gasteiger partial charge on any atom is 0.316 e. The smallest absolute Gasteiger partial charge is 0.316 e. The predicted octanol–water partition coefficient (Wildman–Crippen LogP) is 2.54. The molecule has 0 aromatic carbocycles. The van der Waals surface area contributed by atoms with Crippen LogP contribution in [0.5, 0.6) is 0 Å². The van der Waals surface area contributed by atoms with E-state index in [1.54, 1.807) is 0 Å². The molecule has 1 unspecified atom stereocenters. The Labute approximate surface area is 80.0 Å². The SMILES string of the molecule is C/C=C/C1(C(=O)OCC)CC1(C)C. The molecule has 0 aromatic heterocycles. The summed E-state index contributed by atoms with van der Waals surface area (Å²) in [7, 11) is 0. The van der Waals surface area contributed by atoms with E-state index in [-0.39, 0.29) is 16.8 Å². The van der Waals surface area contributed by atoms with Crippen molar-refractivity contribution in [1.82, 2.24) is 0 Å². The lowest BCUT2D eigenvalue weighted by atomic mass is 9.95. The fraction of sp³-hybridized carbons (Fsp3) is 0.727. The average Bonchev–Trinajstić information content (AvgIpc) is 2.56. The van der Waals surface area contributed by atoms with Gasteiger partial charge in [0, 0.05) is 0 Å². The highest BCUT2D eigenvalue weighted by Crippen LogP contribution is 2.65. The molecule has 1 saturated carbocycles. The average molecular weight is 182 g/mol. The Balaban J connectivity index is 2.78. The molecule has 0 aliphatic heterocycles. The zero-order valence-corrected chi connectivity index (χ0v) is 8.89. The zero-order chi connectivity index (χ0) is 10.1. The second kappa shape index (κ2) is 3.17. The number of carbonyl (C=O) groups excluding carboxylic acids is 1. The van der Waals surface area contributed by atoms with Gasteiger partial charge in [0.15, 0.2) is 0 Å². The van der Waals surface area contributed by atoms with Gasteiger partial charge in [-0.3, -0.25) is 4.79 Å². The standard InChI is InChI=1S/C11H18O2/c1-5-7-11(8-10(11,3)4)9(12)13-6-2/h5,7H,6,8H2,1-4H3/b7-5+. The van der Waals surface area contributed by atoms with E-state index in [1.165, 1.54) is 0 Å². The van der Waals surface area contributed by atoms with Gasteiger partial charge in [-0.15, -0.1) is 0 Å². The highest BCUT2D eigenvalue weighted by Gasteiger charge is 2.65. The summed E-state index contributed by atoms with van der Waals surface area (Å²) < 4.78 is 5.07. The second-order valence-electron chi connectivity index (χ2n) is 4.25. The van der Waals surface area contributed by atoms with Crippen LogP contribution >= 0.6 is 0 Å². The third-order valence-corrected chi connectivity index (χ3v) is 2.89. The maximum absolute atomic E-state index is 11.7. The van der Waals surface area contributed by atoms with Crippen LogP contribution in [0.1, 0.15) is 34.1 Å². The van der Waals surface area contributed by atoms with Crippen LogP contribution in [0.25, 0.3) is 0 Å². The molecule has 0 radical (unpaired) electrons. The van der Waals surface area contributed by atoms with Crippen molar-refractivity contribution in [3.8, 4) is 0 Å². The molecule has 0 N–H and O–H groups in total. The largest absolute Gasteiger partial charge is 0.465 e. The molecule has 2 nitrogen and oxygen atoms in total. The van der Waals surface area contributed by atoms with Crippen molar-refractivity contribution >= 4 is 5.97 Å². The van der Waals surface area contributed by atoms with E-state index in [0.717, 1.165) is 6.42 Å². The Kier molecular flexibility index (Phi) is 2.51. The van der Waals surface area contributed by atoms with Crippen LogP contribution in [0.4, 0.5) is 0 Å². The number of carbonyl (C=O) groups is 1. The Bertz CT molecular complexity index is 240. The van der Waals surface area contributed by atoms with Crippen LogP contribution in [0, 0.1) is 10.8 Å². The van der Waals surface area contributed by atoms with Crippen molar-refractivity contribution in [1.29, 1.82) is 0 Å². The van der Waals surface area contributed by atoms with Crippen LogP contribution in [-0.2, 0) is 9.53 Å². The number of allylic oxidation sites excluding steroid dienone is 1. The first-order chi connectivity index (χ1) is 6.00. The summed E-state index contributed by atoms with van der Waals surface area (Å²) in [5.41, 5.74) is -0.260. The van der Waals surface area contributed by atoms with Crippen LogP contribution < -0.4 is 0 Å². The summed E-state index contributed by atoms with van der Waals surface area (Å²) in [6.07, 6.45) is 4.82. The van der Waals surface area contributed by atoms with Gasteiger partial charge < -0.3 is 4.74 Å². The first-order valence-corrected chi connectivity index (χ1v) is 4.81. The van der Waals surface area contributed by atoms with E-state index in [4.69, 9.17) is 4.74 Å². The lowest BCUT2D eigenvalue weighted by molar-refractivity contribution is -0.148. The van der Waals surface area contributed by atoms with Gasteiger partial charge in [0.1, 0.15) is 0 Å². The van der Waals surface area contributed by atoms with E-state index in [0.29, 0.717) is 6.61 Å². The number of ether oxygens (including phenoxy) is 1. The van der Waals surface area contributed by atoms with E-state index in [9.17, 15) is 4.79 Å². The van der Waals surface area contributed by atoms with Crippen molar-refractivity contribution in [2.24, 2.45) is 10.8 Å². The highest BCUT2D eigenvalue weighted by molar-refractivity contribution is 5.84. The highest BCUT2D eigenvalue weighted by atomic mass is 16.5. The summed E-state index contributed by atoms with van der Waals surface area (Å²) in [5, 5.41) is 0. The molecule has 13 heavy (non-hydrogen) atoms. The second-order valence-corrected chi connectivity index (χ2v) is 4.25. The lowest BCUT2D eigenvalue weighted by Gasteiger charge is -2.14. The molecule has 0 spiro atoms. The number of esters is 1. The van der Waals surface area contributed by atoms with Crippen LogP contribution in [-0.4, -0.2) is 12.6 Å². The van der Waals surface area contributed by atoms with E-state index >= 15 is 0 Å². The van der Waals surface area contributed by atoms with Gasteiger partial charge in [-0.2, -0.15) is 0 Å². The van der Waals surface area contributed by atoms with E-state index < -0.39 is 0 Å². The Hall–Kier alpha value is -0.790. The monoisotopic (exact) mass is 182 g/mol. The summed E-state index contributed by atoms with van der Waals surface area (Å²) >= 11 is 0. The van der Waals surface area contributed by atoms with Crippen molar-refractivity contribution in [2.45, 2.75) is 34.1 Å². The molecule has 0 aromatic rings. The molecule has 0 saturated heterocycles. The Morgan fingerprint density at radius 2 is 2.08 bits per heavy atom. The van der Waals surface area contributed by atoms with Gasteiger partial charge in [-0.1, -0.05) is 26.0 Å². The minimum atomic E-state index is -0.336. The van der Waals surface area contributed by atoms with Crippen molar-refractivity contribution in [2.75, 3.05) is 6.61 Å². The summed E-state index contributed by atoms with van der Waals surface area (Å²) in [6.45, 7) is 8.45. The quantitative estimate of drug-likeness (QED) is 0.495. The van der Waals surface area contributed by atoms with Gasteiger partial charge >= 0.3 is 5.97 Å². The van der Waals surface area contributed by atoms with Gasteiger partial charge in [-0.25, -0.2) is 0 Å². The molecule has 1 atom stereocenters. The fourth-order valence-corrected chi connectivity index (χ4v) is 1.90. The first-order valence-electron chi connectivity index (χ1n) is 4.81. The minimum Gasteiger partial charge on any atom is -0.465 e. The summed E-state index contributed by atoms with van der Waals surface area (Å²) in [6, 6.07) is 0. The van der Waals surface area contributed by atoms with Gasteiger partial charge in [0.2, 0.25) is 0 Å². The zero-order valence-electron chi connectivity index (χ0n) is 8.89. The molecule has 1 aliphatic carbocycles. The maximum atomic E-state index is 11.7. The van der Waals surface area contributed by atoms with Crippen molar-refractivity contribution in [3.05, 3.63) is 12.2 Å². The third-order valence-electron chi connectivity index (χ3n) is 2.89. The molecule has 1 rings (SSSR count). The van der Waals surface area contributed by atoms with Gasteiger partial charge in [-0.05, 0) is 25.7 Å². The first kappa shape index (κ1) is 10.3. The fourth-order valence-electron chi connectivity index (χ4n) is 1.90. The molecule has 2 heteroatoms. The number of rotatable bonds is 3. The minimum absolute atomic E-state index is 0.0712. The third kappa shape index (κ3) is 1.50. The van der Waals surface area contributed by atoms with E-state index in [2.05, 4.69) is 13.8 Å². The normalized spacial score (nSPS) is 30.5. The molecular formula is C11H18O2. The Morgan fingerprint density at radius 3 is 2.38 bits per heavy atom. The van der Waals surface area contributed by atoms with Crippen molar-refractivity contribution < 1.29 is 9.53 Å². The molecule has 0 amide bonds. The van der Waals surface area contributed by atoms with Gasteiger partial charge in [0.25, 0.3) is 0 Å². The topological polar surface area (TPSA) is 26.3 Å². The summed E-state index contributed by atoms with van der Waals surface area (Å²) in [5.74, 6) is -0.0712.